The Morgan fingerprint density at radius 3 is 2.43 bits per heavy atom. The first-order chi connectivity index (χ1) is 9.97. The summed E-state index contributed by atoms with van der Waals surface area (Å²) < 4.78 is 13.6. The van der Waals surface area contributed by atoms with E-state index in [1.54, 1.807) is 6.07 Å². The number of hydrogen-bond donors (Lipinski definition) is 0. The lowest BCUT2D eigenvalue weighted by Crippen LogP contribution is -2.18. The minimum absolute atomic E-state index is 0.0708. The summed E-state index contributed by atoms with van der Waals surface area (Å²) in [4.78, 5) is 0. The predicted molar refractivity (Wildman–Crippen MR) is 97.1 cm³/mol. The summed E-state index contributed by atoms with van der Waals surface area (Å²) in [6, 6.07) is 5.68. The molecule has 0 aliphatic heterocycles. The Bertz CT molecular complexity index is 453. The van der Waals surface area contributed by atoms with Gasteiger partial charge in [-0.15, -0.1) is 0 Å². The van der Waals surface area contributed by atoms with Crippen LogP contribution in [0, 0.1) is 24.6 Å². The van der Waals surface area contributed by atoms with Crippen molar-refractivity contribution in [3.05, 3.63) is 35.1 Å². The van der Waals surface area contributed by atoms with E-state index in [0.717, 1.165) is 29.4 Å². The average Bonchev–Trinajstić information content (AvgIpc) is 2.43. The molecule has 1 aromatic carbocycles. The third-order valence-corrected chi connectivity index (χ3v) is 5.39. The van der Waals surface area contributed by atoms with Gasteiger partial charge in [0.2, 0.25) is 0 Å². The summed E-state index contributed by atoms with van der Waals surface area (Å²) in [5.41, 5.74) is 1.87. The first kappa shape index (κ1) is 18.4. The highest BCUT2D eigenvalue weighted by molar-refractivity contribution is 8.13. The molecule has 0 heterocycles. The smallest absolute Gasteiger partial charge is 0.126 e. The molecule has 0 nitrogen and oxygen atoms in total. The molecule has 0 fully saturated rings. The number of halogens is 1. The molecule has 1 aromatic rings. The standard InChI is InChI=1S/C19H31FS/c1-6-8-18(14-21(4)5)17(7-2)12-11-16-10-9-15(3)19(20)13-16/h9-10,13,17-18H,4,6-8,11-12,14H2,1-3,5H3/t17-,18?,21?/m1/s1. The summed E-state index contributed by atoms with van der Waals surface area (Å²) in [7, 11) is 0.266. The zero-order valence-corrected chi connectivity index (χ0v) is 14.9. The second-order valence-electron chi connectivity index (χ2n) is 6.29. The monoisotopic (exact) mass is 310 g/mol. The zero-order chi connectivity index (χ0) is 15.8. The van der Waals surface area contributed by atoms with Crippen molar-refractivity contribution in [3.63, 3.8) is 0 Å². The van der Waals surface area contributed by atoms with Crippen molar-refractivity contribution < 1.29 is 4.39 Å². The highest BCUT2D eigenvalue weighted by atomic mass is 32.2. The van der Waals surface area contributed by atoms with Crippen LogP contribution in [-0.2, 0) is 6.42 Å². The normalized spacial score (nSPS) is 15.7. The lowest BCUT2D eigenvalue weighted by atomic mass is 9.83. The van der Waals surface area contributed by atoms with Crippen molar-refractivity contribution in [2.75, 3.05) is 12.0 Å². The van der Waals surface area contributed by atoms with E-state index < -0.39 is 0 Å². The van der Waals surface area contributed by atoms with E-state index in [1.165, 1.54) is 31.4 Å². The van der Waals surface area contributed by atoms with Crippen LogP contribution in [0.4, 0.5) is 4.39 Å². The fraction of sp³-hybridized carbons (Fsp3) is 0.632. The van der Waals surface area contributed by atoms with E-state index in [2.05, 4.69) is 32.0 Å². The molecule has 0 N–H and O–H groups in total. The molecular formula is C19H31FS. The maximum absolute atomic E-state index is 13.6. The highest BCUT2D eigenvalue weighted by Gasteiger charge is 2.19. The SMILES string of the molecule is C=S(C)CC(CCC)[C@H](CC)CCc1ccc(C)c(F)c1. The summed E-state index contributed by atoms with van der Waals surface area (Å²) in [5, 5.41) is 0. The van der Waals surface area contributed by atoms with Gasteiger partial charge in [-0.1, -0.05) is 44.7 Å². The number of aryl methyl sites for hydroxylation is 2. The van der Waals surface area contributed by atoms with Gasteiger partial charge >= 0.3 is 0 Å². The number of rotatable bonds is 9. The van der Waals surface area contributed by atoms with E-state index in [0.29, 0.717) is 0 Å². The van der Waals surface area contributed by atoms with E-state index in [9.17, 15) is 4.39 Å². The molecule has 0 radical (unpaired) electrons. The van der Waals surface area contributed by atoms with Crippen molar-refractivity contribution in [1.29, 1.82) is 0 Å². The molecule has 2 unspecified atom stereocenters. The van der Waals surface area contributed by atoms with Crippen LogP contribution in [0.2, 0.25) is 0 Å². The maximum Gasteiger partial charge on any atom is 0.126 e. The summed E-state index contributed by atoms with van der Waals surface area (Å²) >= 11 is 0. The fourth-order valence-corrected chi connectivity index (χ4v) is 4.28. The second kappa shape index (κ2) is 9.40. The van der Waals surface area contributed by atoms with Crippen molar-refractivity contribution in [2.24, 2.45) is 11.8 Å². The zero-order valence-electron chi connectivity index (χ0n) is 14.1. The first-order valence-corrected chi connectivity index (χ1v) is 10.1. The van der Waals surface area contributed by atoms with Gasteiger partial charge in [0.05, 0.1) is 0 Å². The number of hydrogen-bond acceptors (Lipinski definition) is 0. The van der Waals surface area contributed by atoms with Gasteiger partial charge in [0.1, 0.15) is 5.82 Å². The summed E-state index contributed by atoms with van der Waals surface area (Å²) in [5.74, 6) is 6.89. The molecule has 0 saturated carbocycles. The molecule has 0 aliphatic rings. The lowest BCUT2D eigenvalue weighted by molar-refractivity contribution is 0.312. The maximum atomic E-state index is 13.6. The Hall–Kier alpha value is -0.630. The van der Waals surface area contributed by atoms with Crippen LogP contribution >= 0.6 is 10.5 Å². The van der Waals surface area contributed by atoms with Crippen molar-refractivity contribution in [3.8, 4) is 0 Å². The Morgan fingerprint density at radius 2 is 1.90 bits per heavy atom. The molecule has 3 atom stereocenters. The molecule has 0 spiro atoms. The van der Waals surface area contributed by atoms with Gasteiger partial charge < -0.3 is 0 Å². The Morgan fingerprint density at radius 1 is 1.19 bits per heavy atom. The molecule has 0 saturated heterocycles. The van der Waals surface area contributed by atoms with Crippen molar-refractivity contribution >= 4 is 16.4 Å². The van der Waals surface area contributed by atoms with E-state index in [-0.39, 0.29) is 16.3 Å². The van der Waals surface area contributed by atoms with Crippen LogP contribution in [-0.4, -0.2) is 17.9 Å². The third-order valence-electron chi connectivity index (χ3n) is 4.39. The Balaban J connectivity index is 2.66. The van der Waals surface area contributed by atoms with Gasteiger partial charge in [-0.25, -0.2) is 4.39 Å². The molecule has 2 heteroatoms. The van der Waals surface area contributed by atoms with Gasteiger partial charge in [-0.05, 0) is 67.2 Å². The molecule has 0 bridgehead atoms. The molecule has 120 valence electrons. The largest absolute Gasteiger partial charge is 0.207 e. The minimum atomic E-state index is -0.0708. The molecule has 1 rings (SSSR count). The molecular weight excluding hydrogens is 279 g/mol. The molecule has 21 heavy (non-hydrogen) atoms. The van der Waals surface area contributed by atoms with Crippen LogP contribution in [0.15, 0.2) is 18.2 Å². The van der Waals surface area contributed by atoms with Gasteiger partial charge in [-0.2, -0.15) is 10.5 Å². The van der Waals surface area contributed by atoms with E-state index >= 15 is 0 Å². The van der Waals surface area contributed by atoms with Gasteiger partial charge in [0.25, 0.3) is 0 Å². The quantitative estimate of drug-likeness (QED) is 0.503. The van der Waals surface area contributed by atoms with Crippen LogP contribution < -0.4 is 0 Å². The molecule has 0 amide bonds. The van der Waals surface area contributed by atoms with Crippen LogP contribution in [0.25, 0.3) is 0 Å². The average molecular weight is 311 g/mol. The first-order valence-electron chi connectivity index (χ1n) is 8.15. The fourth-order valence-electron chi connectivity index (χ4n) is 3.11. The molecule has 0 aromatic heterocycles. The second-order valence-corrected chi connectivity index (χ2v) is 8.18. The third kappa shape index (κ3) is 6.34. The van der Waals surface area contributed by atoms with Crippen LogP contribution in [0.5, 0.6) is 0 Å². The van der Waals surface area contributed by atoms with Crippen molar-refractivity contribution in [2.45, 2.75) is 52.9 Å². The summed E-state index contributed by atoms with van der Waals surface area (Å²) in [6.45, 7) is 6.38. The van der Waals surface area contributed by atoms with Gasteiger partial charge in [0.15, 0.2) is 0 Å². The van der Waals surface area contributed by atoms with Gasteiger partial charge in [0, 0.05) is 0 Å². The van der Waals surface area contributed by atoms with Crippen molar-refractivity contribution in [1.82, 2.24) is 0 Å². The van der Waals surface area contributed by atoms with Gasteiger partial charge in [-0.3, -0.25) is 0 Å². The van der Waals surface area contributed by atoms with E-state index in [4.69, 9.17) is 0 Å². The molecule has 0 aliphatic carbocycles. The highest BCUT2D eigenvalue weighted by Crippen LogP contribution is 2.30. The number of benzene rings is 1. The lowest BCUT2D eigenvalue weighted by Gasteiger charge is -2.26. The van der Waals surface area contributed by atoms with Crippen LogP contribution in [0.3, 0.4) is 0 Å². The predicted octanol–water partition coefficient (Wildman–Crippen LogP) is 5.84. The summed E-state index contributed by atoms with van der Waals surface area (Å²) in [6.07, 6.45) is 8.16. The Kier molecular flexibility index (Phi) is 8.24. The Labute approximate surface area is 133 Å². The topological polar surface area (TPSA) is 0 Å². The van der Waals surface area contributed by atoms with E-state index in [1.807, 2.05) is 13.0 Å². The minimum Gasteiger partial charge on any atom is -0.207 e. The van der Waals surface area contributed by atoms with Crippen LogP contribution in [0.1, 0.15) is 50.7 Å².